The topological polar surface area (TPSA) is 40.9 Å². The molecule has 0 bridgehead atoms. The van der Waals surface area contributed by atoms with E-state index in [0.29, 0.717) is 0 Å². The Bertz CT molecular complexity index is 214. The molecule has 0 aliphatic heterocycles. The predicted octanol–water partition coefficient (Wildman–Crippen LogP) is 2.49. The molecule has 0 saturated carbocycles. The Kier molecular flexibility index (Phi) is 6.44. The minimum atomic E-state index is -4.01. The molecule has 0 amide bonds. The summed E-state index contributed by atoms with van der Waals surface area (Å²) in [5.74, 6) is -1.75. The van der Waals surface area contributed by atoms with Crippen molar-refractivity contribution in [3.63, 3.8) is 0 Å². The second-order valence-corrected chi connectivity index (χ2v) is 1.89. The zero-order chi connectivity index (χ0) is 10.4. The number of ketones is 1. The van der Waals surface area contributed by atoms with Crippen LogP contribution in [0, 0.1) is 11.3 Å². The molecule has 0 aliphatic rings. The van der Waals surface area contributed by atoms with Crippen molar-refractivity contribution in [3.05, 3.63) is 12.2 Å². The fraction of sp³-hybridized carbons (Fsp3) is 0.429. The summed E-state index contributed by atoms with van der Waals surface area (Å²) in [5, 5.41) is 3.90. The largest absolute Gasteiger partial charge is 0.385 e. The molecule has 0 heterocycles. The lowest BCUT2D eigenvalue weighted by Gasteiger charge is -2.02. The van der Waals surface area contributed by atoms with Gasteiger partial charge in [-0.25, -0.2) is 0 Å². The fourth-order valence-electron chi connectivity index (χ4n) is 0.222. The molecule has 0 saturated heterocycles. The van der Waals surface area contributed by atoms with Crippen molar-refractivity contribution in [1.29, 1.82) is 5.26 Å². The standard InChI is InChI=1S/C5H2ClF2NO.C2H6/c1-3(2-9)4(10)5(6,7)8;1-2/h1H2;1-2H3. The number of alkyl halides is 3. The van der Waals surface area contributed by atoms with Crippen LogP contribution in [-0.2, 0) is 4.79 Å². The number of carbonyl (C=O) groups is 1. The van der Waals surface area contributed by atoms with Crippen LogP contribution in [0.3, 0.4) is 0 Å². The molecule has 0 fully saturated rings. The van der Waals surface area contributed by atoms with Gasteiger partial charge in [0.05, 0.1) is 5.57 Å². The number of carbonyl (C=O) groups excluding carboxylic acids is 1. The van der Waals surface area contributed by atoms with E-state index in [1.165, 1.54) is 0 Å². The van der Waals surface area contributed by atoms with E-state index in [4.69, 9.17) is 5.26 Å². The molecule has 5 heteroatoms. The summed E-state index contributed by atoms with van der Waals surface area (Å²) < 4.78 is 23.5. The first-order valence-electron chi connectivity index (χ1n) is 3.10. The maximum Gasteiger partial charge on any atom is 0.385 e. The van der Waals surface area contributed by atoms with Gasteiger partial charge in [-0.15, -0.1) is 0 Å². The summed E-state index contributed by atoms with van der Waals surface area (Å²) in [4.78, 5) is 10.2. The smallest absolute Gasteiger partial charge is 0.285 e. The minimum absolute atomic E-state index is 0.847. The lowest BCUT2D eigenvalue weighted by atomic mass is 10.2. The van der Waals surface area contributed by atoms with Gasteiger partial charge < -0.3 is 0 Å². The Morgan fingerprint density at radius 1 is 1.58 bits per heavy atom. The van der Waals surface area contributed by atoms with E-state index >= 15 is 0 Å². The van der Waals surface area contributed by atoms with Gasteiger partial charge >= 0.3 is 5.38 Å². The van der Waals surface area contributed by atoms with Gasteiger partial charge in [-0.1, -0.05) is 20.4 Å². The van der Waals surface area contributed by atoms with E-state index in [0.717, 1.165) is 6.07 Å². The lowest BCUT2D eigenvalue weighted by molar-refractivity contribution is -0.128. The summed E-state index contributed by atoms with van der Waals surface area (Å²) in [7, 11) is 0. The van der Waals surface area contributed by atoms with E-state index in [1.54, 1.807) is 0 Å². The van der Waals surface area contributed by atoms with Gasteiger partial charge in [-0.3, -0.25) is 4.79 Å². The Hall–Kier alpha value is -0.950. The molecule has 68 valence electrons. The van der Waals surface area contributed by atoms with E-state index in [-0.39, 0.29) is 0 Å². The quantitative estimate of drug-likeness (QED) is 0.386. The van der Waals surface area contributed by atoms with Gasteiger partial charge in [0.25, 0.3) is 5.78 Å². The Morgan fingerprint density at radius 3 is 2.00 bits per heavy atom. The molecule has 0 atom stereocenters. The molecule has 0 aliphatic carbocycles. The Labute approximate surface area is 74.4 Å². The first-order chi connectivity index (χ1) is 5.39. The van der Waals surface area contributed by atoms with E-state index in [2.05, 4.69) is 18.2 Å². The third-order valence-corrected chi connectivity index (χ3v) is 0.838. The monoisotopic (exact) mass is 195 g/mol. The van der Waals surface area contributed by atoms with E-state index < -0.39 is 16.7 Å². The zero-order valence-corrected chi connectivity index (χ0v) is 7.45. The van der Waals surface area contributed by atoms with Crippen LogP contribution in [0.4, 0.5) is 8.78 Å². The van der Waals surface area contributed by atoms with Gasteiger partial charge in [-0.05, 0) is 11.6 Å². The van der Waals surface area contributed by atoms with Crippen molar-refractivity contribution in [3.8, 4) is 6.07 Å². The van der Waals surface area contributed by atoms with Crippen LogP contribution in [0.25, 0.3) is 0 Å². The first kappa shape index (κ1) is 13.6. The summed E-state index contributed by atoms with van der Waals surface area (Å²) in [6.07, 6.45) is 0. The van der Waals surface area contributed by atoms with Crippen molar-refractivity contribution >= 4 is 17.4 Å². The molecule has 0 aromatic heterocycles. The highest BCUT2D eigenvalue weighted by molar-refractivity contribution is 6.35. The highest BCUT2D eigenvalue weighted by Crippen LogP contribution is 2.22. The first-order valence-corrected chi connectivity index (χ1v) is 3.48. The molecule has 0 aromatic rings. The maximum absolute atomic E-state index is 11.8. The van der Waals surface area contributed by atoms with E-state index in [1.807, 2.05) is 13.8 Å². The predicted molar refractivity (Wildman–Crippen MR) is 41.9 cm³/mol. The van der Waals surface area contributed by atoms with Gasteiger partial charge in [0.15, 0.2) is 0 Å². The van der Waals surface area contributed by atoms with Crippen LogP contribution in [0.1, 0.15) is 13.8 Å². The second-order valence-electron chi connectivity index (χ2n) is 1.42. The molecule has 12 heavy (non-hydrogen) atoms. The lowest BCUT2D eigenvalue weighted by Crippen LogP contribution is -2.22. The number of hydrogen-bond donors (Lipinski definition) is 0. The summed E-state index contributed by atoms with van der Waals surface area (Å²) in [6, 6.07) is 1.16. The Balaban J connectivity index is 0. The fourth-order valence-corrected chi connectivity index (χ4v) is 0.336. The molecule has 2 nitrogen and oxygen atoms in total. The molecular formula is C7H8ClF2NO. The van der Waals surface area contributed by atoms with Crippen LogP contribution in [0.2, 0.25) is 0 Å². The highest BCUT2D eigenvalue weighted by Gasteiger charge is 2.37. The molecule has 0 N–H and O–H groups in total. The average molecular weight is 196 g/mol. The van der Waals surface area contributed by atoms with Crippen molar-refractivity contribution in [2.75, 3.05) is 0 Å². The van der Waals surface area contributed by atoms with Gasteiger partial charge in [-0.2, -0.15) is 14.0 Å². The van der Waals surface area contributed by atoms with E-state index in [9.17, 15) is 13.6 Å². The van der Waals surface area contributed by atoms with Gasteiger partial charge in [0, 0.05) is 0 Å². The molecule has 0 spiro atoms. The molecule has 0 aromatic carbocycles. The number of nitriles is 1. The zero-order valence-electron chi connectivity index (χ0n) is 6.70. The molecule has 0 radical (unpaired) electrons. The van der Waals surface area contributed by atoms with Crippen molar-refractivity contribution in [1.82, 2.24) is 0 Å². The number of hydrogen-bond acceptors (Lipinski definition) is 2. The van der Waals surface area contributed by atoms with Crippen LogP contribution in [0.15, 0.2) is 12.2 Å². The van der Waals surface area contributed by atoms with Crippen LogP contribution >= 0.6 is 11.6 Å². The van der Waals surface area contributed by atoms with Crippen LogP contribution < -0.4 is 0 Å². The van der Waals surface area contributed by atoms with Gasteiger partial charge in [0.1, 0.15) is 6.07 Å². The number of allylic oxidation sites excluding steroid dienone is 1. The highest BCUT2D eigenvalue weighted by atomic mass is 35.5. The second kappa shape index (κ2) is 5.67. The summed E-state index contributed by atoms with van der Waals surface area (Å²) >= 11 is 4.26. The normalized spacial score (nSPS) is 9.00. The number of nitrogens with zero attached hydrogens (tertiary/aromatic N) is 1. The third kappa shape index (κ3) is 4.80. The van der Waals surface area contributed by atoms with Crippen molar-refractivity contribution in [2.45, 2.75) is 19.2 Å². The Morgan fingerprint density at radius 2 is 1.92 bits per heavy atom. The number of halogens is 3. The SMILES string of the molecule is C=C(C#N)C(=O)C(F)(F)Cl.CC. The third-order valence-electron chi connectivity index (χ3n) is 0.667. The van der Waals surface area contributed by atoms with Gasteiger partial charge in [0.2, 0.25) is 0 Å². The average Bonchev–Trinajstić information content (AvgIpc) is 2.04. The molecular weight excluding hydrogens is 188 g/mol. The van der Waals surface area contributed by atoms with Crippen LogP contribution in [0.5, 0.6) is 0 Å². The van der Waals surface area contributed by atoms with Crippen LogP contribution in [-0.4, -0.2) is 11.2 Å². The van der Waals surface area contributed by atoms with Crippen molar-refractivity contribution < 1.29 is 13.6 Å². The molecule has 0 rings (SSSR count). The number of rotatable bonds is 2. The van der Waals surface area contributed by atoms with Crippen molar-refractivity contribution in [2.24, 2.45) is 0 Å². The number of Topliss-reactive ketones (excluding diaryl/α,β-unsaturated/α-hetero) is 1. The summed E-state index contributed by atoms with van der Waals surface area (Å²) in [5.41, 5.74) is -0.847. The minimum Gasteiger partial charge on any atom is -0.285 e. The molecule has 0 unspecified atom stereocenters. The summed E-state index contributed by atoms with van der Waals surface area (Å²) in [6.45, 7) is 6.76. The maximum atomic E-state index is 11.8.